The van der Waals surface area contributed by atoms with Crippen LogP contribution in [0.15, 0.2) is 52.4 Å². The lowest BCUT2D eigenvalue weighted by Crippen LogP contribution is -2.78. The van der Waals surface area contributed by atoms with Crippen LogP contribution >= 0.6 is 24.0 Å². The van der Waals surface area contributed by atoms with Gasteiger partial charge in [0.25, 0.3) is 0 Å². The van der Waals surface area contributed by atoms with Gasteiger partial charge in [0.2, 0.25) is 10.0 Å². The van der Waals surface area contributed by atoms with E-state index in [1.165, 1.54) is 12.1 Å². The summed E-state index contributed by atoms with van der Waals surface area (Å²) in [6.07, 6.45) is 1.95. The summed E-state index contributed by atoms with van der Waals surface area (Å²) in [5, 5.41) is 12.7. The lowest BCUT2D eigenvalue weighted by atomic mass is 9.39. The summed E-state index contributed by atoms with van der Waals surface area (Å²) in [4.78, 5) is 16.1. The maximum absolute atomic E-state index is 13.9. The predicted molar refractivity (Wildman–Crippen MR) is 133 cm³/mol. The van der Waals surface area contributed by atoms with Crippen molar-refractivity contribution in [3.63, 3.8) is 0 Å². The number of carboxylic acids is 1. The average molecular weight is 542 g/mol. The Morgan fingerprint density at radius 2 is 1.89 bits per heavy atom. The van der Waals surface area contributed by atoms with Crippen LogP contribution in [0.25, 0.3) is 0 Å². The van der Waals surface area contributed by atoms with Crippen LogP contribution in [0, 0.1) is 11.2 Å². The van der Waals surface area contributed by atoms with Crippen molar-refractivity contribution in [2.45, 2.75) is 61.5 Å². The third-order valence-electron chi connectivity index (χ3n) is 7.14. The van der Waals surface area contributed by atoms with Gasteiger partial charge < -0.3 is 10.4 Å². The van der Waals surface area contributed by atoms with Crippen molar-refractivity contribution in [1.82, 2.24) is 10.0 Å². The van der Waals surface area contributed by atoms with Crippen molar-refractivity contribution in [2.24, 2.45) is 10.4 Å². The maximum atomic E-state index is 13.9. The van der Waals surface area contributed by atoms with Gasteiger partial charge in [0.1, 0.15) is 11.7 Å². The molecule has 7 nitrogen and oxygen atoms in total. The van der Waals surface area contributed by atoms with E-state index < -0.39 is 38.9 Å². The molecule has 4 aliphatic rings. The van der Waals surface area contributed by atoms with Crippen LogP contribution in [0.4, 0.5) is 4.39 Å². The number of nitrogens with zero attached hydrogens (tertiary/aromatic N) is 1. The fourth-order valence-electron chi connectivity index (χ4n) is 5.60. The molecule has 0 radical (unpaired) electrons. The molecule has 3 aliphatic carbocycles. The monoisotopic (exact) mass is 541 g/mol. The zero-order valence-corrected chi connectivity index (χ0v) is 21.5. The quantitative estimate of drug-likeness (QED) is 0.492. The molecule has 1 heterocycles. The van der Waals surface area contributed by atoms with E-state index in [2.05, 4.69) is 15.0 Å². The molecule has 2 aromatic carbocycles. The van der Waals surface area contributed by atoms with Crippen LogP contribution in [0.1, 0.15) is 44.2 Å². The molecule has 35 heavy (non-hydrogen) atoms. The summed E-state index contributed by atoms with van der Waals surface area (Å²) in [7, 11) is -3.83. The fourth-order valence-corrected chi connectivity index (χ4v) is 7.36. The number of aliphatic carboxylic acids is 1. The number of aliphatic imine (C=N–C) groups is 1. The minimum absolute atomic E-state index is 0. The van der Waals surface area contributed by atoms with Gasteiger partial charge in [-0.1, -0.05) is 35.9 Å². The Labute approximate surface area is 214 Å². The average Bonchev–Trinajstić information content (AvgIpc) is 3.02. The Balaban J connectivity index is 0.00000289. The standard InChI is InChI=1S/C24H25ClFN3O4S.ClH/c1-22(2)19(20(30)31)27-21(28-22)23-11-24(12-23,13-23)29-34(32,33)18-6-4-3-5-15(18)9-14-7-8-16(25)17(26)10-14;/h3-8,10,19,29H,9,11-13H2,1-2H3,(H,27,28)(H,30,31);1H/t19-,23?,24?;/m0./s1. The first-order chi connectivity index (χ1) is 15.8. The Kier molecular flexibility index (Phi) is 6.24. The number of sulfonamides is 1. The van der Waals surface area contributed by atoms with Gasteiger partial charge in [-0.25, -0.2) is 22.3 Å². The second kappa shape index (κ2) is 8.44. The van der Waals surface area contributed by atoms with Gasteiger partial charge in [-0.05, 0) is 68.9 Å². The van der Waals surface area contributed by atoms with E-state index >= 15 is 0 Å². The number of nitrogens with one attached hydrogen (secondary N) is 2. The Morgan fingerprint density at radius 3 is 2.49 bits per heavy atom. The van der Waals surface area contributed by atoms with E-state index in [0.29, 0.717) is 36.2 Å². The van der Waals surface area contributed by atoms with Gasteiger partial charge in [-0.3, -0.25) is 4.99 Å². The molecular formula is C24H26Cl2FN3O4S. The molecule has 2 aromatic rings. The number of carboxylic acid groups (broad SMARTS) is 1. The molecule has 3 saturated carbocycles. The highest BCUT2D eigenvalue weighted by Gasteiger charge is 2.72. The van der Waals surface area contributed by atoms with E-state index in [0.717, 1.165) is 0 Å². The van der Waals surface area contributed by atoms with Crippen LogP contribution in [0.5, 0.6) is 0 Å². The van der Waals surface area contributed by atoms with Crippen molar-refractivity contribution in [2.75, 3.05) is 0 Å². The van der Waals surface area contributed by atoms with Crippen molar-refractivity contribution < 1.29 is 22.7 Å². The molecule has 0 amide bonds. The number of halogens is 3. The predicted octanol–water partition coefficient (Wildman–Crippen LogP) is 3.93. The van der Waals surface area contributed by atoms with E-state index in [-0.39, 0.29) is 34.2 Å². The molecule has 1 aliphatic heterocycles. The van der Waals surface area contributed by atoms with Crippen LogP contribution < -0.4 is 10.0 Å². The maximum Gasteiger partial charge on any atom is 0.330 e. The summed E-state index contributed by atoms with van der Waals surface area (Å²) in [5.74, 6) is -0.864. The third-order valence-corrected chi connectivity index (χ3v) is 9.13. The number of rotatable bonds is 7. The number of benzene rings is 2. The highest BCUT2D eigenvalue weighted by Crippen LogP contribution is 2.68. The Morgan fingerprint density at radius 1 is 1.23 bits per heavy atom. The van der Waals surface area contributed by atoms with Gasteiger partial charge in [-0.2, -0.15) is 0 Å². The van der Waals surface area contributed by atoms with E-state index in [1.54, 1.807) is 44.2 Å². The first-order valence-electron chi connectivity index (χ1n) is 11.0. The van der Waals surface area contributed by atoms with Crippen molar-refractivity contribution in [3.8, 4) is 0 Å². The van der Waals surface area contributed by atoms with Gasteiger partial charge in [0.05, 0.1) is 15.5 Å². The van der Waals surface area contributed by atoms with Crippen molar-refractivity contribution >= 4 is 45.8 Å². The number of amidine groups is 1. The van der Waals surface area contributed by atoms with Crippen LogP contribution in [-0.4, -0.2) is 42.4 Å². The minimum Gasteiger partial charge on any atom is -0.480 e. The Bertz CT molecular complexity index is 1330. The number of hydrogen-bond acceptors (Lipinski definition) is 5. The van der Waals surface area contributed by atoms with Gasteiger partial charge in [0.15, 0.2) is 6.04 Å². The molecule has 3 N–H and O–H groups in total. The van der Waals surface area contributed by atoms with Crippen LogP contribution in [0.2, 0.25) is 5.02 Å². The fraction of sp³-hybridized carbons (Fsp3) is 0.417. The zero-order chi connectivity index (χ0) is 24.5. The second-order valence-corrected chi connectivity index (χ2v) is 12.4. The topological polar surface area (TPSA) is 108 Å². The van der Waals surface area contributed by atoms with Gasteiger partial charge in [0, 0.05) is 11.0 Å². The molecule has 0 saturated heterocycles. The molecular weight excluding hydrogens is 516 g/mol. The summed E-state index contributed by atoms with van der Waals surface area (Å²) >= 11 is 5.76. The van der Waals surface area contributed by atoms with Crippen LogP contribution in [0.3, 0.4) is 0 Å². The van der Waals surface area contributed by atoms with Gasteiger partial charge >= 0.3 is 5.97 Å². The molecule has 1 atom stereocenters. The van der Waals surface area contributed by atoms with Crippen LogP contribution in [-0.2, 0) is 21.2 Å². The molecule has 0 unspecified atom stereocenters. The first kappa shape index (κ1) is 25.9. The number of hydrogen-bond donors (Lipinski definition) is 3. The smallest absolute Gasteiger partial charge is 0.330 e. The van der Waals surface area contributed by atoms with E-state index in [4.69, 9.17) is 11.6 Å². The summed E-state index contributed by atoms with van der Waals surface area (Å²) in [6, 6.07) is 10.3. The second-order valence-electron chi connectivity index (χ2n) is 10.3. The minimum atomic E-state index is -3.83. The summed E-state index contributed by atoms with van der Waals surface area (Å²) in [5.41, 5.74) is -0.373. The molecule has 3 fully saturated rings. The largest absolute Gasteiger partial charge is 0.480 e. The lowest BCUT2D eigenvalue weighted by Gasteiger charge is -2.70. The normalized spacial score (nSPS) is 28.1. The lowest BCUT2D eigenvalue weighted by molar-refractivity contribution is -0.139. The number of carbonyl (C=O) groups is 1. The van der Waals surface area contributed by atoms with E-state index in [1.807, 2.05) is 0 Å². The van der Waals surface area contributed by atoms with Gasteiger partial charge in [-0.15, -0.1) is 12.4 Å². The Hall–Kier alpha value is -2.20. The molecule has 188 valence electrons. The SMILES string of the molecule is CC1(C)NC(C23CC(NS(=O)(=O)c4ccccc4Cc4ccc(Cl)c(F)c4)(C2)C3)=N[C@H]1C(=O)O.Cl. The molecule has 6 rings (SSSR count). The van der Waals surface area contributed by atoms with Crippen molar-refractivity contribution in [1.29, 1.82) is 0 Å². The zero-order valence-electron chi connectivity index (χ0n) is 19.1. The highest BCUT2D eigenvalue weighted by atomic mass is 35.5. The molecule has 2 bridgehead atoms. The van der Waals surface area contributed by atoms with E-state index in [9.17, 15) is 22.7 Å². The summed E-state index contributed by atoms with van der Waals surface area (Å²) in [6.45, 7) is 3.60. The van der Waals surface area contributed by atoms with Crippen molar-refractivity contribution in [3.05, 3.63) is 64.4 Å². The first-order valence-corrected chi connectivity index (χ1v) is 12.9. The highest BCUT2D eigenvalue weighted by molar-refractivity contribution is 7.89. The molecule has 11 heteroatoms. The molecule has 0 spiro atoms. The third kappa shape index (κ3) is 4.33. The summed E-state index contributed by atoms with van der Waals surface area (Å²) < 4.78 is 43.4. The molecule has 0 aromatic heterocycles.